The van der Waals surface area contributed by atoms with Crippen LogP contribution in [0.25, 0.3) is 0 Å². The number of nitrogens with one attached hydrogen (secondary N) is 3. The van der Waals surface area contributed by atoms with Crippen molar-refractivity contribution in [1.29, 1.82) is 0 Å². The van der Waals surface area contributed by atoms with Crippen LogP contribution in [0.15, 0.2) is 34.4 Å². The molecule has 3 N–H and O–H groups in total. The Morgan fingerprint density at radius 1 is 1.19 bits per heavy atom. The first-order valence-electron chi connectivity index (χ1n) is 9.57. The lowest BCUT2D eigenvalue weighted by molar-refractivity contribution is 0.0468. The molecule has 152 valence electrons. The van der Waals surface area contributed by atoms with E-state index in [1.807, 2.05) is 0 Å². The molecule has 8 nitrogen and oxygen atoms in total. The second kappa shape index (κ2) is 11.9. The summed E-state index contributed by atoms with van der Waals surface area (Å²) in [6.07, 6.45) is 10.7. The summed E-state index contributed by atoms with van der Waals surface area (Å²) in [7, 11) is -1.85. The molecule has 1 fully saturated rings. The van der Waals surface area contributed by atoms with E-state index in [2.05, 4.69) is 25.3 Å². The third-order valence-electron chi connectivity index (χ3n) is 4.43. The van der Waals surface area contributed by atoms with Crippen molar-refractivity contribution >= 4 is 16.0 Å². The van der Waals surface area contributed by atoms with Crippen molar-refractivity contribution in [2.75, 3.05) is 33.3 Å². The molecule has 0 unspecified atom stereocenters. The Morgan fingerprint density at radius 3 is 2.59 bits per heavy atom. The summed E-state index contributed by atoms with van der Waals surface area (Å²) < 4.78 is 32.6. The first-order valence-corrected chi connectivity index (χ1v) is 11.1. The fraction of sp³-hybridized carbons (Fsp3) is 0.667. The smallest absolute Gasteiger partial charge is 0.242 e. The lowest BCUT2D eigenvalue weighted by Gasteiger charge is -2.17. The largest absolute Gasteiger partial charge is 0.376 e. The van der Waals surface area contributed by atoms with Gasteiger partial charge in [-0.15, -0.1) is 0 Å². The van der Waals surface area contributed by atoms with Gasteiger partial charge in [0.15, 0.2) is 5.96 Å². The van der Waals surface area contributed by atoms with Gasteiger partial charge in [0.25, 0.3) is 0 Å². The summed E-state index contributed by atoms with van der Waals surface area (Å²) in [5.74, 6) is 0.625. The maximum atomic E-state index is 12.1. The van der Waals surface area contributed by atoms with Crippen molar-refractivity contribution in [2.45, 2.75) is 49.5 Å². The number of sulfonamides is 1. The molecule has 0 saturated heterocycles. The van der Waals surface area contributed by atoms with Gasteiger partial charge in [-0.05, 0) is 25.0 Å². The second-order valence-electron chi connectivity index (χ2n) is 6.50. The quantitative estimate of drug-likeness (QED) is 0.251. The molecule has 0 atom stereocenters. The van der Waals surface area contributed by atoms with Crippen LogP contribution in [0, 0.1) is 0 Å². The normalized spacial score (nSPS) is 16.7. The van der Waals surface area contributed by atoms with Gasteiger partial charge in [-0.25, -0.2) is 13.1 Å². The van der Waals surface area contributed by atoms with E-state index in [4.69, 9.17) is 4.74 Å². The van der Waals surface area contributed by atoms with Gasteiger partial charge in [-0.3, -0.25) is 9.98 Å². The van der Waals surface area contributed by atoms with Gasteiger partial charge in [-0.2, -0.15) is 0 Å². The Hall–Kier alpha value is -1.71. The summed E-state index contributed by atoms with van der Waals surface area (Å²) >= 11 is 0. The molecule has 27 heavy (non-hydrogen) atoms. The maximum absolute atomic E-state index is 12.1. The van der Waals surface area contributed by atoms with Crippen molar-refractivity contribution in [3.63, 3.8) is 0 Å². The fourth-order valence-corrected chi connectivity index (χ4v) is 3.97. The number of pyridine rings is 1. The highest BCUT2D eigenvalue weighted by molar-refractivity contribution is 7.89. The van der Waals surface area contributed by atoms with Crippen LogP contribution < -0.4 is 15.4 Å². The van der Waals surface area contributed by atoms with Crippen molar-refractivity contribution in [3.05, 3.63) is 24.5 Å². The topological polar surface area (TPSA) is 105 Å². The van der Waals surface area contributed by atoms with Crippen LogP contribution in [0.5, 0.6) is 0 Å². The molecule has 0 bridgehead atoms. The number of ether oxygens (including phenoxy) is 1. The summed E-state index contributed by atoms with van der Waals surface area (Å²) in [5.41, 5.74) is 0. The third-order valence-corrected chi connectivity index (χ3v) is 5.87. The van der Waals surface area contributed by atoms with Gasteiger partial charge in [0.1, 0.15) is 4.90 Å². The Morgan fingerprint density at radius 2 is 1.93 bits per heavy atom. The monoisotopic (exact) mass is 397 g/mol. The van der Waals surface area contributed by atoms with Crippen LogP contribution >= 0.6 is 0 Å². The fourth-order valence-electron chi connectivity index (χ4n) is 2.98. The van der Waals surface area contributed by atoms with Crippen LogP contribution in [-0.4, -0.2) is 58.8 Å². The van der Waals surface area contributed by atoms with Gasteiger partial charge >= 0.3 is 0 Å². The third kappa shape index (κ3) is 8.23. The minimum absolute atomic E-state index is 0.156. The molecule has 0 radical (unpaired) electrons. The predicted molar refractivity (Wildman–Crippen MR) is 106 cm³/mol. The highest BCUT2D eigenvalue weighted by Crippen LogP contribution is 2.19. The molecule has 0 aromatic carbocycles. The zero-order chi connectivity index (χ0) is 19.4. The van der Waals surface area contributed by atoms with Gasteiger partial charge in [0.2, 0.25) is 10.0 Å². The molecular formula is C18H31N5O3S. The van der Waals surface area contributed by atoms with Crippen molar-refractivity contribution in [2.24, 2.45) is 4.99 Å². The molecule has 1 saturated carbocycles. The van der Waals surface area contributed by atoms with Gasteiger partial charge < -0.3 is 15.4 Å². The maximum Gasteiger partial charge on any atom is 0.242 e. The Balaban J connectivity index is 1.60. The van der Waals surface area contributed by atoms with Gasteiger partial charge in [0.05, 0.1) is 12.7 Å². The van der Waals surface area contributed by atoms with E-state index < -0.39 is 10.0 Å². The molecule has 1 aliphatic rings. The lowest BCUT2D eigenvalue weighted by atomic mass is 10.1. The molecule has 1 heterocycles. The predicted octanol–water partition coefficient (Wildman–Crippen LogP) is 1.26. The average molecular weight is 398 g/mol. The van der Waals surface area contributed by atoms with E-state index in [9.17, 15) is 8.42 Å². The van der Waals surface area contributed by atoms with Crippen molar-refractivity contribution < 1.29 is 13.2 Å². The van der Waals surface area contributed by atoms with Gasteiger partial charge in [-0.1, -0.05) is 25.7 Å². The molecule has 0 aliphatic heterocycles. The standard InChI is InChI=1S/C18H31N5O3S/c1-19-18(22-13-14-26-16-7-4-2-3-5-8-16)21-11-12-23-27(24,25)17-9-6-10-20-15-17/h6,9-10,15-16,23H,2-5,7-8,11-14H2,1H3,(H2,19,21,22). The molecule has 2 rings (SSSR count). The zero-order valence-corrected chi connectivity index (χ0v) is 16.8. The molecule has 1 aromatic rings. The van der Waals surface area contributed by atoms with Crippen molar-refractivity contribution in [1.82, 2.24) is 20.3 Å². The number of aliphatic imine (C=N–C) groups is 1. The number of hydrogen-bond acceptors (Lipinski definition) is 5. The van der Waals surface area contributed by atoms with E-state index in [1.54, 1.807) is 13.1 Å². The van der Waals surface area contributed by atoms with E-state index in [-0.39, 0.29) is 11.4 Å². The first-order chi connectivity index (χ1) is 13.1. The SMILES string of the molecule is CN=C(NCCNS(=O)(=O)c1cccnc1)NCCOC1CCCCCC1. The molecule has 1 aliphatic carbocycles. The Kier molecular flexibility index (Phi) is 9.51. The van der Waals surface area contributed by atoms with Crippen LogP contribution in [0.3, 0.4) is 0 Å². The molecule has 0 amide bonds. The summed E-state index contributed by atoms with van der Waals surface area (Å²) in [4.78, 5) is 8.11. The molecule has 9 heteroatoms. The van der Waals surface area contributed by atoms with Crippen LogP contribution in [0.4, 0.5) is 0 Å². The van der Waals surface area contributed by atoms with Gasteiger partial charge in [0, 0.05) is 39.1 Å². The lowest BCUT2D eigenvalue weighted by Crippen LogP contribution is -2.42. The van der Waals surface area contributed by atoms with Crippen LogP contribution in [0.1, 0.15) is 38.5 Å². The van der Waals surface area contributed by atoms with Crippen LogP contribution in [-0.2, 0) is 14.8 Å². The van der Waals surface area contributed by atoms with E-state index in [0.29, 0.717) is 31.8 Å². The van der Waals surface area contributed by atoms with E-state index in [0.717, 1.165) is 12.8 Å². The number of hydrogen-bond donors (Lipinski definition) is 3. The summed E-state index contributed by atoms with van der Waals surface area (Å²) in [5, 5.41) is 6.26. The summed E-state index contributed by atoms with van der Waals surface area (Å²) in [6, 6.07) is 3.10. The van der Waals surface area contributed by atoms with E-state index >= 15 is 0 Å². The highest BCUT2D eigenvalue weighted by Gasteiger charge is 2.13. The second-order valence-corrected chi connectivity index (χ2v) is 8.26. The number of aromatic nitrogens is 1. The number of guanidine groups is 1. The Labute approximate surface area is 162 Å². The summed E-state index contributed by atoms with van der Waals surface area (Å²) in [6.45, 7) is 1.97. The zero-order valence-electron chi connectivity index (χ0n) is 16.0. The average Bonchev–Trinajstić information content (AvgIpc) is 2.96. The molecular weight excluding hydrogens is 366 g/mol. The van der Waals surface area contributed by atoms with E-state index in [1.165, 1.54) is 44.1 Å². The number of rotatable bonds is 9. The minimum atomic E-state index is -3.53. The Bertz CT molecular complexity index is 659. The highest BCUT2D eigenvalue weighted by atomic mass is 32.2. The minimum Gasteiger partial charge on any atom is -0.376 e. The first kappa shape index (κ1) is 21.6. The van der Waals surface area contributed by atoms with Crippen molar-refractivity contribution in [3.8, 4) is 0 Å². The molecule has 0 spiro atoms. The number of nitrogens with zero attached hydrogens (tertiary/aromatic N) is 2. The molecule has 1 aromatic heterocycles. The van der Waals surface area contributed by atoms with Crippen LogP contribution in [0.2, 0.25) is 0 Å².